The summed E-state index contributed by atoms with van der Waals surface area (Å²) in [6.07, 6.45) is 0.599. The second kappa shape index (κ2) is 9.55. The molecule has 164 valence electrons. The highest BCUT2D eigenvalue weighted by Gasteiger charge is 2.15. The summed E-state index contributed by atoms with van der Waals surface area (Å²) >= 11 is 0. The Labute approximate surface area is 180 Å². The van der Waals surface area contributed by atoms with E-state index in [-0.39, 0.29) is 19.0 Å². The van der Waals surface area contributed by atoms with Crippen LogP contribution in [0.4, 0.5) is 0 Å². The molecule has 0 fully saturated rings. The van der Waals surface area contributed by atoms with E-state index in [2.05, 4.69) is 0 Å². The lowest BCUT2D eigenvalue weighted by molar-refractivity contribution is -0.144. The Balaban J connectivity index is 1.71. The molecule has 0 bridgehead atoms. The fourth-order valence-electron chi connectivity index (χ4n) is 3.40. The minimum atomic E-state index is -0.468. The van der Waals surface area contributed by atoms with Crippen molar-refractivity contribution in [2.24, 2.45) is 0 Å². The number of fused-ring (bicyclic) bond motifs is 1. The molecule has 3 aromatic rings. The molecule has 0 aliphatic heterocycles. The average molecular weight is 426 g/mol. The van der Waals surface area contributed by atoms with Gasteiger partial charge in [0.1, 0.15) is 12.2 Å². The van der Waals surface area contributed by atoms with E-state index >= 15 is 0 Å². The van der Waals surface area contributed by atoms with E-state index in [1.807, 2.05) is 26.0 Å². The van der Waals surface area contributed by atoms with Gasteiger partial charge < -0.3 is 23.4 Å². The highest BCUT2D eigenvalue weighted by atomic mass is 16.5. The maximum absolute atomic E-state index is 12.4. The highest BCUT2D eigenvalue weighted by Crippen LogP contribution is 2.38. The van der Waals surface area contributed by atoms with Crippen LogP contribution in [0.1, 0.15) is 28.7 Å². The third-order valence-corrected chi connectivity index (χ3v) is 5.25. The van der Waals surface area contributed by atoms with Gasteiger partial charge in [0.25, 0.3) is 0 Å². The zero-order valence-corrected chi connectivity index (χ0v) is 18.4. The van der Waals surface area contributed by atoms with E-state index in [1.54, 1.807) is 26.4 Å². The first kappa shape index (κ1) is 22.2. The second-order valence-corrected chi connectivity index (χ2v) is 7.17. The Morgan fingerprint density at radius 3 is 2.26 bits per heavy atom. The summed E-state index contributed by atoms with van der Waals surface area (Å²) in [5.74, 6) is 1.17. The molecule has 1 aromatic heterocycles. The lowest BCUT2D eigenvalue weighted by atomic mass is 10.0. The molecular weight excluding hydrogens is 400 g/mol. The molecule has 3 rings (SSSR count). The van der Waals surface area contributed by atoms with Crippen LogP contribution in [0.5, 0.6) is 17.2 Å². The maximum atomic E-state index is 12.4. The first-order valence-electron chi connectivity index (χ1n) is 9.85. The van der Waals surface area contributed by atoms with Gasteiger partial charge in [0.05, 0.1) is 21.3 Å². The van der Waals surface area contributed by atoms with Gasteiger partial charge in [-0.1, -0.05) is 12.1 Å². The molecule has 0 atom stereocenters. The number of rotatable bonds is 8. The zero-order valence-electron chi connectivity index (χ0n) is 18.4. The predicted molar refractivity (Wildman–Crippen MR) is 116 cm³/mol. The fraction of sp³-hybridized carbons (Fsp3) is 0.333. The monoisotopic (exact) mass is 426 g/mol. The topological polar surface area (TPSA) is 84.2 Å². The number of benzene rings is 2. The van der Waals surface area contributed by atoms with Crippen molar-refractivity contribution in [2.45, 2.75) is 33.3 Å². The smallest absolute Gasteiger partial charge is 0.336 e. The van der Waals surface area contributed by atoms with Crippen LogP contribution in [0.15, 0.2) is 39.5 Å². The number of carbonyl (C=O) groups excluding carboxylic acids is 1. The number of aryl methyl sites for hydroxylation is 3. The van der Waals surface area contributed by atoms with Gasteiger partial charge in [-0.05, 0) is 49.1 Å². The van der Waals surface area contributed by atoms with Crippen LogP contribution >= 0.6 is 0 Å². The van der Waals surface area contributed by atoms with E-state index in [4.69, 9.17) is 23.4 Å². The summed E-state index contributed by atoms with van der Waals surface area (Å²) in [6.45, 7) is 3.84. The first-order valence-corrected chi connectivity index (χ1v) is 9.85. The average Bonchev–Trinajstić information content (AvgIpc) is 2.77. The van der Waals surface area contributed by atoms with Crippen molar-refractivity contribution in [3.8, 4) is 17.2 Å². The Hall–Kier alpha value is -3.48. The van der Waals surface area contributed by atoms with Crippen LogP contribution in [0.3, 0.4) is 0 Å². The predicted octanol–water partition coefficient (Wildman–Crippen LogP) is 4.11. The molecule has 0 N–H and O–H groups in total. The second-order valence-electron chi connectivity index (χ2n) is 7.17. The highest BCUT2D eigenvalue weighted by molar-refractivity contribution is 5.84. The third kappa shape index (κ3) is 4.82. The molecule has 0 radical (unpaired) electrons. The standard InChI is InChI=1S/C24H26O7/c1-14-6-8-18-17(12-22(26)31-23(18)15(14)2)13-30-21(25)9-7-16-10-19(27-3)24(29-5)20(11-16)28-4/h6,8,10-12H,7,9,13H2,1-5H3. The van der Waals surface area contributed by atoms with Crippen LogP contribution in [-0.2, 0) is 22.6 Å². The largest absolute Gasteiger partial charge is 0.493 e. The van der Waals surface area contributed by atoms with Crippen LogP contribution in [0.2, 0.25) is 0 Å². The van der Waals surface area contributed by atoms with Crippen molar-refractivity contribution in [3.05, 3.63) is 63.0 Å². The maximum Gasteiger partial charge on any atom is 0.336 e. The van der Waals surface area contributed by atoms with E-state index in [0.717, 1.165) is 22.1 Å². The van der Waals surface area contributed by atoms with Crippen molar-refractivity contribution in [3.63, 3.8) is 0 Å². The minimum Gasteiger partial charge on any atom is -0.493 e. The summed E-state index contributed by atoms with van der Waals surface area (Å²) in [5.41, 5.74) is 3.44. The summed E-state index contributed by atoms with van der Waals surface area (Å²) in [7, 11) is 4.62. The van der Waals surface area contributed by atoms with E-state index in [1.165, 1.54) is 13.2 Å². The van der Waals surface area contributed by atoms with Crippen LogP contribution in [-0.4, -0.2) is 27.3 Å². The quantitative estimate of drug-likeness (QED) is 0.396. The molecule has 0 aliphatic carbocycles. The summed E-state index contributed by atoms with van der Waals surface area (Å²) in [4.78, 5) is 24.3. The molecular formula is C24H26O7. The Morgan fingerprint density at radius 2 is 1.65 bits per heavy atom. The van der Waals surface area contributed by atoms with Crippen LogP contribution in [0, 0.1) is 13.8 Å². The Morgan fingerprint density at radius 1 is 0.968 bits per heavy atom. The number of ether oxygens (including phenoxy) is 4. The van der Waals surface area contributed by atoms with E-state index in [0.29, 0.717) is 34.8 Å². The minimum absolute atomic E-state index is 0.00130. The Kier molecular flexibility index (Phi) is 6.84. The van der Waals surface area contributed by atoms with Gasteiger partial charge in [-0.3, -0.25) is 4.79 Å². The summed E-state index contributed by atoms with van der Waals surface area (Å²) in [6, 6.07) is 8.79. The molecule has 7 heteroatoms. The zero-order chi connectivity index (χ0) is 22.5. The molecule has 0 unspecified atom stereocenters. The molecule has 7 nitrogen and oxygen atoms in total. The molecule has 0 aliphatic rings. The number of hydrogen-bond donors (Lipinski definition) is 0. The number of hydrogen-bond acceptors (Lipinski definition) is 7. The van der Waals surface area contributed by atoms with Gasteiger partial charge in [0.15, 0.2) is 11.5 Å². The van der Waals surface area contributed by atoms with E-state index in [9.17, 15) is 9.59 Å². The van der Waals surface area contributed by atoms with Gasteiger partial charge in [-0.25, -0.2) is 4.79 Å². The van der Waals surface area contributed by atoms with Gasteiger partial charge in [-0.15, -0.1) is 0 Å². The van der Waals surface area contributed by atoms with Crippen molar-refractivity contribution in [2.75, 3.05) is 21.3 Å². The fourth-order valence-corrected chi connectivity index (χ4v) is 3.40. The van der Waals surface area contributed by atoms with Gasteiger partial charge in [-0.2, -0.15) is 0 Å². The van der Waals surface area contributed by atoms with Crippen molar-refractivity contribution in [1.29, 1.82) is 0 Å². The van der Waals surface area contributed by atoms with E-state index < -0.39 is 5.63 Å². The lowest BCUT2D eigenvalue weighted by Gasteiger charge is -2.14. The molecule has 0 spiro atoms. The molecule has 0 amide bonds. The Bertz CT molecular complexity index is 1140. The molecule has 0 saturated carbocycles. The molecule has 1 heterocycles. The van der Waals surface area contributed by atoms with Crippen LogP contribution < -0.4 is 19.8 Å². The lowest BCUT2D eigenvalue weighted by Crippen LogP contribution is -2.09. The SMILES string of the molecule is COc1cc(CCC(=O)OCc2cc(=O)oc3c(C)c(C)ccc23)cc(OC)c1OC. The first-order chi connectivity index (χ1) is 14.9. The van der Waals surface area contributed by atoms with Gasteiger partial charge in [0, 0.05) is 23.4 Å². The van der Waals surface area contributed by atoms with Crippen molar-refractivity contribution >= 4 is 16.9 Å². The van der Waals surface area contributed by atoms with Crippen molar-refractivity contribution in [1.82, 2.24) is 0 Å². The van der Waals surface area contributed by atoms with Crippen molar-refractivity contribution < 1.29 is 28.2 Å². The summed E-state index contributed by atoms with van der Waals surface area (Å²) in [5, 5.41) is 0.764. The normalized spacial score (nSPS) is 10.7. The molecule has 2 aromatic carbocycles. The summed E-state index contributed by atoms with van der Waals surface area (Å²) < 4.78 is 26.8. The molecule has 31 heavy (non-hydrogen) atoms. The molecule has 0 saturated heterocycles. The van der Waals surface area contributed by atoms with Gasteiger partial charge >= 0.3 is 11.6 Å². The number of carbonyl (C=O) groups is 1. The number of methoxy groups -OCH3 is 3. The van der Waals surface area contributed by atoms with Crippen LogP contribution in [0.25, 0.3) is 11.0 Å². The number of esters is 1. The third-order valence-electron chi connectivity index (χ3n) is 5.25. The van der Waals surface area contributed by atoms with Gasteiger partial charge in [0.2, 0.25) is 5.75 Å².